The normalized spacial score (nSPS) is 7.60. The van der Waals surface area contributed by atoms with E-state index in [1.807, 2.05) is 18.2 Å². The number of nitriles is 1. The molecule has 0 amide bonds. The van der Waals surface area contributed by atoms with E-state index in [0.717, 1.165) is 9.13 Å². The number of hydrogen-bond acceptors (Lipinski definition) is 1. The first kappa shape index (κ1) is 10.1. The van der Waals surface area contributed by atoms with Crippen LogP contribution < -0.4 is 0 Å². The number of benzene rings is 1. The molecule has 1 rings (SSSR count). The van der Waals surface area contributed by atoms with E-state index < -0.39 is 0 Å². The zero-order valence-corrected chi connectivity index (χ0v) is 10.5. The Kier molecular flexibility index (Phi) is 4.84. The summed E-state index contributed by atoms with van der Waals surface area (Å²) in [6.07, 6.45) is 0. The molecule has 46 valence electrons. The van der Waals surface area contributed by atoms with Crippen LogP contribution in [0.25, 0.3) is 0 Å². The number of nitrogens with zero attached hydrogens (tertiary/aromatic N) is 1. The van der Waals surface area contributed by atoms with Crippen LogP contribution in [0.2, 0.25) is 0 Å². The number of hydrogen-bond donors (Lipinski definition) is 0. The second kappa shape index (κ2) is 4.81. The molecule has 0 saturated heterocycles. The maximum Gasteiger partial charge on any atom is 0.0991 e. The largest absolute Gasteiger partial charge is 0.192 e. The van der Waals surface area contributed by atoms with Crippen LogP contribution in [0.15, 0.2) is 24.3 Å². The molecule has 0 aromatic heterocycles. The van der Waals surface area contributed by atoms with Gasteiger partial charge in [0.15, 0.2) is 0 Å². The van der Waals surface area contributed by atoms with Gasteiger partial charge < -0.3 is 0 Å². The van der Waals surface area contributed by atoms with E-state index in [9.17, 15) is 0 Å². The van der Waals surface area contributed by atoms with E-state index in [0.29, 0.717) is 0 Å². The molecular formula is C7H4INZn. The second-order valence-electron chi connectivity index (χ2n) is 1.62. The van der Waals surface area contributed by atoms with Crippen LogP contribution >= 0.6 is 22.6 Å². The Hall–Kier alpha value is 0.0634. The van der Waals surface area contributed by atoms with E-state index >= 15 is 0 Å². The predicted molar refractivity (Wildman–Crippen MR) is 43.9 cm³/mol. The van der Waals surface area contributed by atoms with Crippen molar-refractivity contribution in [2.24, 2.45) is 0 Å². The molecule has 1 aromatic carbocycles. The minimum absolute atomic E-state index is 0. The second-order valence-corrected chi connectivity index (χ2v) is 2.87. The summed E-state index contributed by atoms with van der Waals surface area (Å²) in [5.74, 6) is 0. The van der Waals surface area contributed by atoms with Gasteiger partial charge >= 0.3 is 0 Å². The summed E-state index contributed by atoms with van der Waals surface area (Å²) in [6, 6.07) is 9.54. The third-order valence-corrected chi connectivity index (χ3v) is 1.62. The van der Waals surface area contributed by atoms with Crippen LogP contribution in [0.4, 0.5) is 0 Å². The molecule has 0 aliphatic rings. The first-order valence-corrected chi connectivity index (χ1v) is 3.56. The maximum absolute atomic E-state index is 8.41. The van der Waals surface area contributed by atoms with Gasteiger partial charge in [0.1, 0.15) is 0 Å². The molecule has 0 radical (unpaired) electrons. The Labute approximate surface area is 86.3 Å². The molecule has 0 atom stereocenters. The molecule has 1 nitrogen and oxygen atoms in total. The van der Waals surface area contributed by atoms with E-state index in [1.165, 1.54) is 0 Å². The van der Waals surface area contributed by atoms with E-state index in [-0.39, 0.29) is 19.5 Å². The molecule has 1 aromatic rings. The number of rotatable bonds is 0. The molecule has 0 aliphatic heterocycles. The standard InChI is InChI=1S/C7H4IN.Zn/c8-7-3-1-2-6(4-7)5-9;/h1-4H;. The van der Waals surface area contributed by atoms with Crippen LogP contribution in [-0.4, -0.2) is 0 Å². The molecule has 0 unspecified atom stereocenters. The average molecular weight is 294 g/mol. The first-order valence-electron chi connectivity index (χ1n) is 2.48. The summed E-state index contributed by atoms with van der Waals surface area (Å²) in [6.45, 7) is 0. The van der Waals surface area contributed by atoms with Gasteiger partial charge in [0.05, 0.1) is 11.6 Å². The van der Waals surface area contributed by atoms with Crippen molar-refractivity contribution in [1.29, 1.82) is 5.26 Å². The molecule has 0 bridgehead atoms. The van der Waals surface area contributed by atoms with Crippen molar-refractivity contribution in [2.45, 2.75) is 0 Å². The predicted octanol–water partition coefficient (Wildman–Crippen LogP) is 2.16. The zero-order valence-electron chi connectivity index (χ0n) is 5.34. The van der Waals surface area contributed by atoms with Crippen molar-refractivity contribution < 1.29 is 19.5 Å². The monoisotopic (exact) mass is 293 g/mol. The fraction of sp³-hybridized carbons (Fsp3) is 0. The zero-order chi connectivity index (χ0) is 6.69. The molecule has 10 heavy (non-hydrogen) atoms. The Morgan fingerprint density at radius 3 is 2.50 bits per heavy atom. The van der Waals surface area contributed by atoms with Gasteiger partial charge in [-0.3, -0.25) is 0 Å². The molecule has 0 aliphatic carbocycles. The van der Waals surface area contributed by atoms with Crippen molar-refractivity contribution in [1.82, 2.24) is 0 Å². The fourth-order valence-electron chi connectivity index (χ4n) is 0.558. The Balaban J connectivity index is 0.000000810. The van der Waals surface area contributed by atoms with E-state index in [4.69, 9.17) is 5.26 Å². The fourth-order valence-corrected chi connectivity index (χ4v) is 1.10. The van der Waals surface area contributed by atoms with Gasteiger partial charge in [-0.2, -0.15) is 5.26 Å². The van der Waals surface area contributed by atoms with E-state index in [2.05, 4.69) is 28.7 Å². The van der Waals surface area contributed by atoms with Crippen molar-refractivity contribution in [3.63, 3.8) is 0 Å². The Morgan fingerprint density at radius 2 is 2.10 bits per heavy atom. The van der Waals surface area contributed by atoms with E-state index in [1.54, 1.807) is 6.07 Å². The molecule has 0 fully saturated rings. The minimum atomic E-state index is 0. The molecule has 0 heterocycles. The van der Waals surface area contributed by atoms with Gasteiger partial charge in [0.2, 0.25) is 0 Å². The molecule has 0 saturated carbocycles. The smallest absolute Gasteiger partial charge is 0.0991 e. The van der Waals surface area contributed by atoms with Crippen molar-refractivity contribution in [3.8, 4) is 6.07 Å². The molecule has 0 N–H and O–H groups in total. The van der Waals surface area contributed by atoms with Gasteiger partial charge in [0, 0.05) is 23.0 Å². The van der Waals surface area contributed by atoms with Crippen molar-refractivity contribution >= 4 is 22.6 Å². The van der Waals surface area contributed by atoms with Crippen LogP contribution in [0.3, 0.4) is 0 Å². The summed E-state index contributed by atoms with van der Waals surface area (Å²) in [4.78, 5) is 0. The summed E-state index contributed by atoms with van der Waals surface area (Å²) in [5, 5.41) is 8.41. The maximum atomic E-state index is 8.41. The SMILES string of the molecule is N#Cc1cccc(I)c1.[Zn]. The summed E-state index contributed by atoms with van der Waals surface area (Å²) >= 11 is 2.18. The summed E-state index contributed by atoms with van der Waals surface area (Å²) < 4.78 is 1.10. The Bertz CT molecular complexity index is 254. The minimum Gasteiger partial charge on any atom is -0.192 e. The Morgan fingerprint density at radius 1 is 1.40 bits per heavy atom. The van der Waals surface area contributed by atoms with Gasteiger partial charge in [0.25, 0.3) is 0 Å². The average Bonchev–Trinajstić information content (AvgIpc) is 1.88. The van der Waals surface area contributed by atoms with Crippen LogP contribution in [-0.2, 0) is 19.5 Å². The topological polar surface area (TPSA) is 23.8 Å². The van der Waals surface area contributed by atoms with Crippen LogP contribution in [0, 0.1) is 14.9 Å². The van der Waals surface area contributed by atoms with Crippen molar-refractivity contribution in [2.75, 3.05) is 0 Å². The van der Waals surface area contributed by atoms with Gasteiger partial charge in [-0.05, 0) is 40.8 Å². The quantitative estimate of drug-likeness (QED) is 0.531. The third-order valence-electron chi connectivity index (χ3n) is 0.954. The molecule has 3 heteroatoms. The number of halogens is 1. The first-order chi connectivity index (χ1) is 4.33. The van der Waals surface area contributed by atoms with Crippen molar-refractivity contribution in [3.05, 3.63) is 33.4 Å². The molecular weight excluding hydrogens is 290 g/mol. The van der Waals surface area contributed by atoms with Crippen LogP contribution in [0.1, 0.15) is 5.56 Å². The molecule has 0 spiro atoms. The van der Waals surface area contributed by atoms with Gasteiger partial charge in [-0.25, -0.2) is 0 Å². The third kappa shape index (κ3) is 2.76. The van der Waals surface area contributed by atoms with Crippen LogP contribution in [0.5, 0.6) is 0 Å². The van der Waals surface area contributed by atoms with Gasteiger partial charge in [-0.1, -0.05) is 6.07 Å². The summed E-state index contributed by atoms with van der Waals surface area (Å²) in [5.41, 5.74) is 0.724. The summed E-state index contributed by atoms with van der Waals surface area (Å²) in [7, 11) is 0. The van der Waals surface area contributed by atoms with Gasteiger partial charge in [-0.15, -0.1) is 0 Å².